The second-order valence-electron chi connectivity index (χ2n) is 4.04. The molecule has 1 atom stereocenters. The molecule has 0 fully saturated rings. The molecular weight excluding hydrogens is 244 g/mol. The molecule has 18 heavy (non-hydrogen) atoms. The predicted molar refractivity (Wildman–Crippen MR) is 71.8 cm³/mol. The normalized spacial score (nSPS) is 12.1. The molecule has 5 heteroatoms. The van der Waals surface area contributed by atoms with Gasteiger partial charge in [-0.2, -0.15) is 5.26 Å². The lowest BCUT2D eigenvalue weighted by Crippen LogP contribution is -2.03. The maximum absolute atomic E-state index is 8.89. The summed E-state index contributed by atoms with van der Waals surface area (Å²) in [4.78, 5) is 0. The summed E-state index contributed by atoms with van der Waals surface area (Å²) in [7, 11) is 0. The number of rotatable bonds is 3. The third kappa shape index (κ3) is 2.39. The smallest absolute Gasteiger partial charge is 0.197 e. The minimum atomic E-state index is -0.142. The van der Waals surface area contributed by atoms with Crippen molar-refractivity contribution in [3.63, 3.8) is 0 Å². The number of aryl methyl sites for hydroxylation is 2. The van der Waals surface area contributed by atoms with Crippen molar-refractivity contribution in [2.75, 3.05) is 0 Å². The first-order valence-electron chi connectivity index (χ1n) is 5.67. The zero-order valence-corrected chi connectivity index (χ0v) is 11.4. The molecule has 1 aromatic heterocycles. The Kier molecular flexibility index (Phi) is 3.68. The van der Waals surface area contributed by atoms with Crippen LogP contribution in [0.4, 0.5) is 0 Å². The van der Waals surface area contributed by atoms with Gasteiger partial charge in [0, 0.05) is 0 Å². The average molecular weight is 258 g/mol. The molecule has 0 aliphatic heterocycles. The van der Waals surface area contributed by atoms with E-state index >= 15 is 0 Å². The number of para-hydroxylation sites is 1. The van der Waals surface area contributed by atoms with Crippen LogP contribution in [0, 0.1) is 25.2 Å². The van der Waals surface area contributed by atoms with E-state index in [0.717, 1.165) is 22.2 Å². The van der Waals surface area contributed by atoms with E-state index in [2.05, 4.69) is 29.3 Å². The summed E-state index contributed by atoms with van der Waals surface area (Å²) in [6, 6.07) is 10.3. The highest BCUT2D eigenvalue weighted by molar-refractivity contribution is 8.00. The van der Waals surface area contributed by atoms with E-state index in [1.165, 1.54) is 11.8 Å². The number of aromatic nitrogens is 3. The highest BCUT2D eigenvalue weighted by Crippen LogP contribution is 2.26. The maximum atomic E-state index is 8.89. The average Bonchev–Trinajstić information content (AvgIpc) is 2.71. The molecule has 2 aromatic rings. The van der Waals surface area contributed by atoms with Crippen LogP contribution in [0.1, 0.15) is 18.3 Å². The molecule has 0 amide bonds. The van der Waals surface area contributed by atoms with Crippen LogP contribution in [0.25, 0.3) is 5.69 Å². The van der Waals surface area contributed by atoms with Crippen molar-refractivity contribution >= 4 is 11.8 Å². The quantitative estimate of drug-likeness (QED) is 0.794. The van der Waals surface area contributed by atoms with Crippen molar-refractivity contribution in [2.45, 2.75) is 31.2 Å². The molecule has 0 aliphatic carbocycles. The van der Waals surface area contributed by atoms with Gasteiger partial charge in [-0.3, -0.25) is 4.57 Å². The van der Waals surface area contributed by atoms with Crippen molar-refractivity contribution in [3.05, 3.63) is 35.7 Å². The van der Waals surface area contributed by atoms with E-state index in [-0.39, 0.29) is 5.25 Å². The van der Waals surface area contributed by atoms with Crippen LogP contribution >= 0.6 is 11.8 Å². The van der Waals surface area contributed by atoms with E-state index in [9.17, 15) is 0 Å². The van der Waals surface area contributed by atoms with Gasteiger partial charge in [0.25, 0.3) is 0 Å². The minimum Gasteiger partial charge on any atom is -0.274 e. The summed E-state index contributed by atoms with van der Waals surface area (Å²) in [5.41, 5.74) is 2.22. The van der Waals surface area contributed by atoms with Crippen LogP contribution in [-0.2, 0) is 0 Å². The predicted octanol–water partition coefficient (Wildman–Crippen LogP) is 2.89. The largest absolute Gasteiger partial charge is 0.274 e. The lowest BCUT2D eigenvalue weighted by molar-refractivity contribution is 0.860. The molecule has 0 saturated carbocycles. The molecule has 0 spiro atoms. The Morgan fingerprint density at radius 3 is 2.67 bits per heavy atom. The van der Waals surface area contributed by atoms with Gasteiger partial charge in [0.2, 0.25) is 0 Å². The molecule has 1 heterocycles. The first-order valence-corrected chi connectivity index (χ1v) is 6.55. The summed E-state index contributed by atoms with van der Waals surface area (Å²) >= 11 is 1.42. The highest BCUT2D eigenvalue weighted by Gasteiger charge is 2.15. The van der Waals surface area contributed by atoms with Gasteiger partial charge in [-0.25, -0.2) is 0 Å². The molecule has 92 valence electrons. The Morgan fingerprint density at radius 2 is 2.00 bits per heavy atom. The zero-order chi connectivity index (χ0) is 13.1. The fourth-order valence-corrected chi connectivity index (χ4v) is 2.49. The highest BCUT2D eigenvalue weighted by atomic mass is 32.2. The summed E-state index contributed by atoms with van der Waals surface area (Å²) < 4.78 is 1.99. The van der Waals surface area contributed by atoms with Crippen LogP contribution in [0.3, 0.4) is 0 Å². The van der Waals surface area contributed by atoms with Crippen LogP contribution < -0.4 is 0 Å². The number of hydrogen-bond donors (Lipinski definition) is 0. The van der Waals surface area contributed by atoms with Gasteiger partial charge >= 0.3 is 0 Å². The van der Waals surface area contributed by atoms with Gasteiger partial charge in [0.15, 0.2) is 5.16 Å². The fourth-order valence-electron chi connectivity index (χ4n) is 1.70. The van der Waals surface area contributed by atoms with Gasteiger partial charge in [0.05, 0.1) is 17.0 Å². The standard InChI is InChI=1S/C13H14N4S/c1-9-6-4-5-7-12(9)17-11(3)15-16-13(17)18-10(2)8-14/h4-7,10H,1-3H3/t10-/m1/s1. The summed E-state index contributed by atoms with van der Waals surface area (Å²) in [6.07, 6.45) is 0. The molecule has 0 N–H and O–H groups in total. The zero-order valence-electron chi connectivity index (χ0n) is 10.6. The first kappa shape index (κ1) is 12.7. The number of nitriles is 1. The van der Waals surface area contributed by atoms with Crippen molar-refractivity contribution in [3.8, 4) is 11.8 Å². The lowest BCUT2D eigenvalue weighted by atomic mass is 10.2. The molecule has 1 aromatic carbocycles. The molecule has 0 radical (unpaired) electrons. The van der Waals surface area contributed by atoms with Crippen molar-refractivity contribution in [1.29, 1.82) is 5.26 Å². The third-order valence-electron chi connectivity index (χ3n) is 2.62. The van der Waals surface area contributed by atoms with Crippen LogP contribution in [0.5, 0.6) is 0 Å². The van der Waals surface area contributed by atoms with Crippen molar-refractivity contribution in [1.82, 2.24) is 14.8 Å². The lowest BCUT2D eigenvalue weighted by Gasteiger charge is -2.11. The van der Waals surface area contributed by atoms with E-state index in [1.807, 2.05) is 36.6 Å². The number of nitrogens with zero attached hydrogens (tertiary/aromatic N) is 4. The molecular formula is C13H14N4S. The topological polar surface area (TPSA) is 54.5 Å². The number of benzene rings is 1. The van der Waals surface area contributed by atoms with E-state index in [4.69, 9.17) is 5.26 Å². The van der Waals surface area contributed by atoms with Crippen molar-refractivity contribution < 1.29 is 0 Å². The second kappa shape index (κ2) is 5.23. The Hall–Kier alpha value is -1.80. The van der Waals surface area contributed by atoms with E-state index in [0.29, 0.717) is 0 Å². The van der Waals surface area contributed by atoms with Gasteiger partial charge in [-0.05, 0) is 32.4 Å². The summed E-state index contributed by atoms with van der Waals surface area (Å²) in [5, 5.41) is 17.8. The summed E-state index contributed by atoms with van der Waals surface area (Å²) in [6.45, 7) is 5.83. The molecule has 0 saturated heterocycles. The molecule has 0 aliphatic rings. The Labute approximate surface area is 111 Å². The summed E-state index contributed by atoms with van der Waals surface area (Å²) in [5.74, 6) is 0.830. The molecule has 4 nitrogen and oxygen atoms in total. The first-order chi connectivity index (χ1) is 8.63. The number of thioether (sulfide) groups is 1. The van der Waals surface area contributed by atoms with Gasteiger partial charge in [-0.1, -0.05) is 30.0 Å². The Balaban J connectivity index is 2.48. The maximum Gasteiger partial charge on any atom is 0.197 e. The molecule has 0 bridgehead atoms. The Bertz CT molecular complexity index is 597. The SMILES string of the molecule is Cc1ccccc1-n1c(C)nnc1S[C@H](C)C#N. The Morgan fingerprint density at radius 1 is 1.28 bits per heavy atom. The fraction of sp³-hybridized carbons (Fsp3) is 0.308. The second-order valence-corrected chi connectivity index (χ2v) is 5.35. The van der Waals surface area contributed by atoms with Crippen LogP contribution in [-0.4, -0.2) is 20.0 Å². The van der Waals surface area contributed by atoms with Crippen molar-refractivity contribution in [2.24, 2.45) is 0 Å². The minimum absolute atomic E-state index is 0.142. The third-order valence-corrected chi connectivity index (χ3v) is 3.55. The number of hydrogen-bond acceptors (Lipinski definition) is 4. The van der Waals surface area contributed by atoms with E-state index in [1.54, 1.807) is 0 Å². The van der Waals surface area contributed by atoms with Gasteiger partial charge in [0.1, 0.15) is 5.82 Å². The van der Waals surface area contributed by atoms with Gasteiger partial charge in [-0.15, -0.1) is 10.2 Å². The van der Waals surface area contributed by atoms with E-state index < -0.39 is 0 Å². The monoisotopic (exact) mass is 258 g/mol. The van der Waals surface area contributed by atoms with Crippen LogP contribution in [0.15, 0.2) is 29.4 Å². The van der Waals surface area contributed by atoms with Gasteiger partial charge < -0.3 is 0 Å². The molecule has 2 rings (SSSR count). The molecule has 0 unspecified atom stereocenters. The van der Waals surface area contributed by atoms with Crippen LogP contribution in [0.2, 0.25) is 0 Å².